The Morgan fingerprint density at radius 3 is 2.91 bits per heavy atom. The van der Waals surface area contributed by atoms with Crippen LogP contribution in [0.2, 0.25) is 0 Å². The SMILES string of the molecule is COC[C@H]1CC[C@H](C(=O)O)N1. The lowest BCUT2D eigenvalue weighted by Crippen LogP contribution is -2.37. The van der Waals surface area contributed by atoms with E-state index in [0.29, 0.717) is 13.0 Å². The summed E-state index contributed by atoms with van der Waals surface area (Å²) < 4.78 is 4.90. The van der Waals surface area contributed by atoms with Gasteiger partial charge in [-0.05, 0) is 12.8 Å². The second kappa shape index (κ2) is 3.69. The monoisotopic (exact) mass is 159 g/mol. The van der Waals surface area contributed by atoms with Crippen molar-refractivity contribution in [2.75, 3.05) is 13.7 Å². The lowest BCUT2D eigenvalue weighted by molar-refractivity contribution is -0.139. The van der Waals surface area contributed by atoms with E-state index in [1.54, 1.807) is 7.11 Å². The van der Waals surface area contributed by atoms with E-state index < -0.39 is 5.97 Å². The highest BCUT2D eigenvalue weighted by molar-refractivity contribution is 5.73. The van der Waals surface area contributed by atoms with Crippen molar-refractivity contribution < 1.29 is 14.6 Å². The number of carboxylic acid groups (broad SMARTS) is 1. The molecule has 0 aliphatic carbocycles. The number of rotatable bonds is 3. The number of hydrogen-bond donors (Lipinski definition) is 2. The number of ether oxygens (including phenoxy) is 1. The Bertz CT molecular complexity index is 149. The summed E-state index contributed by atoms with van der Waals surface area (Å²) in [5.74, 6) is -0.761. The predicted octanol–water partition coefficient (Wildman–Crippen LogP) is -0.162. The lowest BCUT2D eigenvalue weighted by Gasteiger charge is -2.09. The van der Waals surface area contributed by atoms with E-state index in [1.165, 1.54) is 0 Å². The predicted molar refractivity (Wildman–Crippen MR) is 39.5 cm³/mol. The molecule has 0 spiro atoms. The molecule has 4 heteroatoms. The minimum atomic E-state index is -0.761. The van der Waals surface area contributed by atoms with Crippen molar-refractivity contribution in [2.45, 2.75) is 24.9 Å². The van der Waals surface area contributed by atoms with Gasteiger partial charge in [0.2, 0.25) is 0 Å². The van der Waals surface area contributed by atoms with Crippen molar-refractivity contribution in [3.05, 3.63) is 0 Å². The normalized spacial score (nSPS) is 30.6. The molecule has 0 radical (unpaired) electrons. The molecule has 0 amide bonds. The molecule has 0 unspecified atom stereocenters. The van der Waals surface area contributed by atoms with Crippen LogP contribution in [0.3, 0.4) is 0 Å². The Morgan fingerprint density at radius 2 is 2.45 bits per heavy atom. The third kappa shape index (κ3) is 2.17. The number of methoxy groups -OCH3 is 1. The van der Waals surface area contributed by atoms with Crippen LogP contribution in [0.1, 0.15) is 12.8 Å². The summed E-state index contributed by atoms with van der Waals surface area (Å²) in [6, 6.07) is -0.142. The molecule has 1 heterocycles. The van der Waals surface area contributed by atoms with E-state index in [9.17, 15) is 4.79 Å². The van der Waals surface area contributed by atoms with Crippen LogP contribution in [0.15, 0.2) is 0 Å². The van der Waals surface area contributed by atoms with Crippen molar-refractivity contribution in [3.8, 4) is 0 Å². The summed E-state index contributed by atoms with van der Waals surface area (Å²) in [7, 11) is 1.62. The lowest BCUT2D eigenvalue weighted by atomic mass is 10.2. The van der Waals surface area contributed by atoms with Crippen LogP contribution < -0.4 is 5.32 Å². The second-order valence-corrected chi connectivity index (χ2v) is 2.79. The van der Waals surface area contributed by atoms with E-state index >= 15 is 0 Å². The number of hydrogen-bond acceptors (Lipinski definition) is 3. The third-order valence-electron chi connectivity index (χ3n) is 1.91. The summed E-state index contributed by atoms with van der Waals surface area (Å²) in [6.45, 7) is 0.601. The Morgan fingerprint density at radius 1 is 1.73 bits per heavy atom. The van der Waals surface area contributed by atoms with Gasteiger partial charge >= 0.3 is 5.97 Å². The van der Waals surface area contributed by atoms with Crippen LogP contribution >= 0.6 is 0 Å². The van der Waals surface area contributed by atoms with E-state index in [0.717, 1.165) is 6.42 Å². The zero-order chi connectivity index (χ0) is 8.27. The average Bonchev–Trinajstić information content (AvgIpc) is 2.37. The first-order valence-electron chi connectivity index (χ1n) is 3.72. The highest BCUT2D eigenvalue weighted by Crippen LogP contribution is 2.12. The first kappa shape index (κ1) is 8.49. The number of aliphatic carboxylic acids is 1. The quantitative estimate of drug-likeness (QED) is 0.600. The van der Waals surface area contributed by atoms with Crippen LogP contribution in [-0.2, 0) is 9.53 Å². The number of nitrogens with one attached hydrogen (secondary N) is 1. The van der Waals surface area contributed by atoms with Crippen LogP contribution in [0.25, 0.3) is 0 Å². The van der Waals surface area contributed by atoms with Crippen molar-refractivity contribution in [1.82, 2.24) is 5.32 Å². The van der Waals surface area contributed by atoms with E-state index in [-0.39, 0.29) is 12.1 Å². The van der Waals surface area contributed by atoms with Gasteiger partial charge in [-0.1, -0.05) is 0 Å². The number of carboxylic acids is 1. The van der Waals surface area contributed by atoms with E-state index in [1.807, 2.05) is 0 Å². The highest BCUT2D eigenvalue weighted by Gasteiger charge is 2.28. The van der Waals surface area contributed by atoms with E-state index in [4.69, 9.17) is 9.84 Å². The van der Waals surface area contributed by atoms with Crippen molar-refractivity contribution in [2.24, 2.45) is 0 Å². The van der Waals surface area contributed by atoms with E-state index in [2.05, 4.69) is 5.32 Å². The highest BCUT2D eigenvalue weighted by atomic mass is 16.5. The van der Waals surface area contributed by atoms with Gasteiger partial charge in [-0.25, -0.2) is 0 Å². The zero-order valence-corrected chi connectivity index (χ0v) is 6.54. The van der Waals surface area contributed by atoms with Gasteiger partial charge in [-0.3, -0.25) is 10.1 Å². The Hall–Kier alpha value is -0.610. The molecule has 2 atom stereocenters. The first-order valence-corrected chi connectivity index (χ1v) is 3.72. The van der Waals surface area contributed by atoms with Crippen molar-refractivity contribution >= 4 is 5.97 Å². The Balaban J connectivity index is 2.29. The molecule has 4 nitrogen and oxygen atoms in total. The molecule has 11 heavy (non-hydrogen) atoms. The minimum Gasteiger partial charge on any atom is -0.480 e. The smallest absolute Gasteiger partial charge is 0.320 e. The van der Waals surface area contributed by atoms with Gasteiger partial charge in [0.05, 0.1) is 6.61 Å². The largest absolute Gasteiger partial charge is 0.480 e. The molecule has 0 aromatic carbocycles. The molecule has 1 aliphatic rings. The maximum atomic E-state index is 10.4. The van der Waals surface area contributed by atoms with Gasteiger partial charge in [0.25, 0.3) is 0 Å². The van der Waals surface area contributed by atoms with Crippen LogP contribution in [0, 0.1) is 0 Å². The fourth-order valence-electron chi connectivity index (χ4n) is 1.35. The average molecular weight is 159 g/mol. The molecule has 64 valence electrons. The fourth-order valence-corrected chi connectivity index (χ4v) is 1.35. The maximum absolute atomic E-state index is 10.4. The first-order chi connectivity index (χ1) is 5.24. The van der Waals surface area contributed by atoms with Crippen molar-refractivity contribution in [1.29, 1.82) is 0 Å². The second-order valence-electron chi connectivity index (χ2n) is 2.79. The van der Waals surface area contributed by atoms with Crippen molar-refractivity contribution in [3.63, 3.8) is 0 Å². The maximum Gasteiger partial charge on any atom is 0.320 e. The molecule has 0 bridgehead atoms. The van der Waals surface area contributed by atoms with Gasteiger partial charge in [0.1, 0.15) is 6.04 Å². The van der Waals surface area contributed by atoms with Gasteiger partial charge in [-0.15, -0.1) is 0 Å². The molecule has 0 aromatic heterocycles. The number of carbonyl (C=O) groups is 1. The van der Waals surface area contributed by atoms with Crippen LogP contribution in [0.4, 0.5) is 0 Å². The Labute approximate surface area is 65.5 Å². The summed E-state index contributed by atoms with van der Waals surface area (Å²) in [5, 5.41) is 11.6. The molecule has 2 N–H and O–H groups in total. The topological polar surface area (TPSA) is 58.6 Å². The third-order valence-corrected chi connectivity index (χ3v) is 1.91. The van der Waals surface area contributed by atoms with Gasteiger partial charge in [0.15, 0.2) is 0 Å². The van der Waals surface area contributed by atoms with Gasteiger partial charge in [-0.2, -0.15) is 0 Å². The van der Waals surface area contributed by atoms with Crippen LogP contribution in [-0.4, -0.2) is 36.9 Å². The molecule has 1 rings (SSSR count). The molecule has 1 fully saturated rings. The molecular formula is C7H13NO3. The van der Waals surface area contributed by atoms with Crippen LogP contribution in [0.5, 0.6) is 0 Å². The molecule has 0 saturated carbocycles. The summed E-state index contributed by atoms with van der Waals surface area (Å²) in [6.07, 6.45) is 1.61. The standard InChI is InChI=1S/C7H13NO3/c1-11-4-5-2-3-6(8-5)7(9)10/h5-6,8H,2-4H2,1H3,(H,9,10)/t5-,6-/m1/s1. The summed E-state index contributed by atoms with van der Waals surface area (Å²) >= 11 is 0. The van der Waals surface area contributed by atoms with Gasteiger partial charge < -0.3 is 9.84 Å². The molecule has 1 aliphatic heterocycles. The summed E-state index contributed by atoms with van der Waals surface area (Å²) in [4.78, 5) is 10.4. The zero-order valence-electron chi connectivity index (χ0n) is 6.54. The minimum absolute atomic E-state index is 0.223. The Kier molecular flexibility index (Phi) is 2.84. The molecular weight excluding hydrogens is 146 g/mol. The van der Waals surface area contributed by atoms with Gasteiger partial charge in [0, 0.05) is 13.2 Å². The fraction of sp³-hybridized carbons (Fsp3) is 0.857. The molecule has 1 saturated heterocycles. The molecule has 0 aromatic rings. The summed E-state index contributed by atoms with van der Waals surface area (Å²) in [5.41, 5.74) is 0.